The van der Waals surface area contributed by atoms with Crippen LogP contribution < -0.4 is 14.5 Å². The van der Waals surface area contributed by atoms with Gasteiger partial charge in [0.05, 0.1) is 23.4 Å². The van der Waals surface area contributed by atoms with Gasteiger partial charge in [-0.2, -0.15) is 0 Å². The number of amides is 1. The molecule has 0 radical (unpaired) electrons. The number of anilines is 4. The molecule has 188 valence electrons. The van der Waals surface area contributed by atoms with Gasteiger partial charge in [-0.25, -0.2) is 8.42 Å². The Morgan fingerprint density at radius 3 is 2.19 bits per heavy atom. The summed E-state index contributed by atoms with van der Waals surface area (Å²) in [5.41, 5.74) is 2.65. The maximum absolute atomic E-state index is 13.0. The largest absolute Gasteiger partial charge is 0.492 e. The molecule has 4 rings (SSSR count). The Bertz CT molecular complexity index is 1350. The van der Waals surface area contributed by atoms with E-state index in [4.69, 9.17) is 4.74 Å². The van der Waals surface area contributed by atoms with Crippen molar-refractivity contribution in [2.75, 3.05) is 29.2 Å². The van der Waals surface area contributed by atoms with Crippen LogP contribution in [0.2, 0.25) is 0 Å². The third kappa shape index (κ3) is 5.14. The Balaban J connectivity index is 1.82. The zero-order valence-electron chi connectivity index (χ0n) is 20.7. The van der Waals surface area contributed by atoms with Crippen LogP contribution in [0, 0.1) is 5.92 Å². The van der Waals surface area contributed by atoms with Gasteiger partial charge < -0.3 is 9.64 Å². The number of nitrogens with zero attached hydrogens (tertiary/aromatic N) is 2. The number of carbonyl (C=O) groups is 2. The second-order valence-electron chi connectivity index (χ2n) is 8.83. The van der Waals surface area contributed by atoms with Gasteiger partial charge in [0.2, 0.25) is 5.91 Å². The average Bonchev–Trinajstić information content (AvgIpc) is 3.69. The average molecular weight is 507 g/mol. The molecule has 36 heavy (non-hydrogen) atoms. The summed E-state index contributed by atoms with van der Waals surface area (Å²) in [6, 6.07) is 19.4. The second kappa shape index (κ2) is 10.5. The lowest BCUT2D eigenvalue weighted by Crippen LogP contribution is -2.26. The maximum atomic E-state index is 13.0. The number of rotatable bonds is 10. The van der Waals surface area contributed by atoms with Crippen molar-refractivity contribution in [1.29, 1.82) is 0 Å². The molecule has 7 nitrogen and oxygen atoms in total. The molecule has 1 amide bonds. The van der Waals surface area contributed by atoms with Gasteiger partial charge in [-0.3, -0.25) is 14.5 Å². The number of hydrogen-bond donors (Lipinski definition) is 0. The number of aldehydes is 1. The molecule has 0 bridgehead atoms. The zero-order valence-corrected chi connectivity index (χ0v) is 21.5. The highest BCUT2D eigenvalue weighted by molar-refractivity contribution is 7.91. The highest BCUT2D eigenvalue weighted by atomic mass is 32.2. The molecule has 0 N–H and O–H groups in total. The van der Waals surface area contributed by atoms with E-state index in [1.807, 2.05) is 42.2 Å². The van der Waals surface area contributed by atoms with Gasteiger partial charge in [0.1, 0.15) is 5.69 Å². The smallest absolute Gasteiger partial charge is 0.228 e. The summed E-state index contributed by atoms with van der Waals surface area (Å²) in [5.74, 6) is 0.396. The van der Waals surface area contributed by atoms with Crippen LogP contribution >= 0.6 is 0 Å². The lowest BCUT2D eigenvalue weighted by atomic mass is 10.1. The minimum Gasteiger partial charge on any atom is -0.492 e. The lowest BCUT2D eigenvalue weighted by Gasteiger charge is -2.30. The molecule has 0 aromatic heterocycles. The van der Waals surface area contributed by atoms with E-state index in [0.717, 1.165) is 18.5 Å². The van der Waals surface area contributed by atoms with Gasteiger partial charge in [0.15, 0.2) is 21.9 Å². The molecule has 8 heteroatoms. The minimum absolute atomic E-state index is 0.139. The summed E-state index contributed by atoms with van der Waals surface area (Å²) < 4.78 is 31.2. The van der Waals surface area contributed by atoms with E-state index in [9.17, 15) is 18.0 Å². The summed E-state index contributed by atoms with van der Waals surface area (Å²) in [4.78, 5) is 28.7. The van der Waals surface area contributed by atoms with Crippen molar-refractivity contribution in [3.63, 3.8) is 0 Å². The van der Waals surface area contributed by atoms with E-state index in [1.54, 1.807) is 24.3 Å². The first-order valence-corrected chi connectivity index (χ1v) is 13.6. The Kier molecular flexibility index (Phi) is 7.45. The molecule has 1 saturated carbocycles. The summed E-state index contributed by atoms with van der Waals surface area (Å²) in [5, 5.41) is 0. The molecule has 1 aliphatic rings. The summed E-state index contributed by atoms with van der Waals surface area (Å²) >= 11 is 0. The van der Waals surface area contributed by atoms with Crippen molar-refractivity contribution in [3.8, 4) is 5.75 Å². The molecule has 1 aliphatic carbocycles. The van der Waals surface area contributed by atoms with Crippen molar-refractivity contribution >= 4 is 44.8 Å². The van der Waals surface area contributed by atoms with Gasteiger partial charge >= 0.3 is 0 Å². The monoisotopic (exact) mass is 506 g/mol. The predicted molar refractivity (Wildman–Crippen MR) is 142 cm³/mol. The predicted octanol–water partition coefficient (Wildman–Crippen LogP) is 5.53. The normalized spacial score (nSPS) is 13.2. The summed E-state index contributed by atoms with van der Waals surface area (Å²) in [6.07, 6.45) is 2.57. The van der Waals surface area contributed by atoms with Gasteiger partial charge in [-0.15, -0.1) is 0 Å². The Hall–Kier alpha value is -3.65. The molecular weight excluding hydrogens is 476 g/mol. The van der Waals surface area contributed by atoms with Crippen LogP contribution in [0.5, 0.6) is 5.75 Å². The molecular formula is C28H30N2O5S. The van der Waals surface area contributed by atoms with Crippen molar-refractivity contribution < 1.29 is 22.7 Å². The lowest BCUT2D eigenvalue weighted by molar-refractivity contribution is -0.115. The molecule has 0 spiro atoms. The number of hydrogen-bond acceptors (Lipinski definition) is 6. The molecule has 3 aromatic carbocycles. The van der Waals surface area contributed by atoms with Gasteiger partial charge in [-0.1, -0.05) is 18.2 Å². The molecule has 0 atom stereocenters. The summed E-state index contributed by atoms with van der Waals surface area (Å²) in [7, 11) is -1.89. The van der Waals surface area contributed by atoms with Crippen molar-refractivity contribution in [1.82, 2.24) is 0 Å². The van der Waals surface area contributed by atoms with Crippen LogP contribution in [0.15, 0.2) is 71.6 Å². The minimum atomic E-state index is -3.39. The fourth-order valence-electron chi connectivity index (χ4n) is 4.38. The van der Waals surface area contributed by atoms with Gasteiger partial charge in [0, 0.05) is 30.4 Å². The second-order valence-corrected chi connectivity index (χ2v) is 10.9. The first-order chi connectivity index (χ1) is 17.3. The third-order valence-electron chi connectivity index (χ3n) is 6.29. The third-order valence-corrected chi connectivity index (χ3v) is 8.19. The van der Waals surface area contributed by atoms with Crippen LogP contribution in [0.3, 0.4) is 0 Å². The van der Waals surface area contributed by atoms with Crippen LogP contribution in [0.4, 0.5) is 22.7 Å². The quantitative estimate of drug-likeness (QED) is 0.336. The Morgan fingerprint density at radius 1 is 1.00 bits per heavy atom. The highest BCUT2D eigenvalue weighted by Gasteiger charge is 2.30. The van der Waals surface area contributed by atoms with Crippen molar-refractivity contribution in [3.05, 3.63) is 72.3 Å². The SMILES string of the molecule is CCN(c1ccccc1)c1ccc(C=O)c(N(C(C)=O)c2ccc(S(=O)(=O)CC3CC3)cc2)c1OC. The van der Waals surface area contributed by atoms with E-state index >= 15 is 0 Å². The number of benzene rings is 3. The first-order valence-electron chi connectivity index (χ1n) is 11.9. The first kappa shape index (κ1) is 25.4. The van der Waals surface area contributed by atoms with Crippen molar-refractivity contribution in [2.24, 2.45) is 5.92 Å². The van der Waals surface area contributed by atoms with E-state index in [2.05, 4.69) is 0 Å². The van der Waals surface area contributed by atoms with Crippen LogP contribution in [0.25, 0.3) is 0 Å². The van der Waals surface area contributed by atoms with Crippen molar-refractivity contribution in [2.45, 2.75) is 31.6 Å². The molecule has 0 saturated heterocycles. The van der Waals surface area contributed by atoms with E-state index < -0.39 is 9.84 Å². The van der Waals surface area contributed by atoms with E-state index in [0.29, 0.717) is 35.6 Å². The van der Waals surface area contributed by atoms with Gasteiger partial charge in [0.25, 0.3) is 0 Å². The van der Waals surface area contributed by atoms with E-state index in [1.165, 1.54) is 31.1 Å². The topological polar surface area (TPSA) is 84.0 Å². The van der Waals surface area contributed by atoms with Crippen LogP contribution in [0.1, 0.15) is 37.0 Å². The van der Waals surface area contributed by atoms with Gasteiger partial charge in [-0.05, 0) is 74.2 Å². The molecule has 0 heterocycles. The number of carbonyl (C=O) groups excluding carboxylic acids is 2. The summed E-state index contributed by atoms with van der Waals surface area (Å²) in [6.45, 7) is 4.02. The Morgan fingerprint density at radius 2 is 1.67 bits per heavy atom. The molecule has 0 aliphatic heterocycles. The Labute approximate surface area is 212 Å². The van der Waals surface area contributed by atoms with Crippen LogP contribution in [-0.2, 0) is 14.6 Å². The van der Waals surface area contributed by atoms with Crippen LogP contribution in [-0.4, -0.2) is 40.0 Å². The standard InChI is InChI=1S/C28H30N2O5S/c1-4-29(23-8-6-5-7-9-23)26-17-12-22(18-31)27(28(26)35-3)30(20(2)32)24-13-15-25(16-14-24)36(33,34)19-21-10-11-21/h5-9,12-18,21H,4,10-11,19H2,1-3H3. The molecule has 3 aromatic rings. The molecule has 0 unspecified atom stereocenters. The zero-order chi connectivity index (χ0) is 25.9. The number of sulfone groups is 1. The number of methoxy groups -OCH3 is 1. The number of para-hydroxylation sites is 1. The number of ether oxygens (including phenoxy) is 1. The molecule has 1 fully saturated rings. The van der Waals surface area contributed by atoms with E-state index in [-0.39, 0.29) is 28.0 Å². The fraction of sp³-hybridized carbons (Fsp3) is 0.286. The maximum Gasteiger partial charge on any atom is 0.228 e. The fourth-order valence-corrected chi connectivity index (χ4v) is 6.07. The highest BCUT2D eigenvalue weighted by Crippen LogP contribution is 2.45.